The number of piperazine rings is 1. The molecule has 1 aromatic carbocycles. The minimum absolute atomic E-state index is 0.0858. The average Bonchev–Trinajstić information content (AvgIpc) is 2.60. The predicted molar refractivity (Wildman–Crippen MR) is 85.6 cm³/mol. The second-order valence-electron chi connectivity index (χ2n) is 6.36. The highest BCUT2D eigenvalue weighted by molar-refractivity contribution is 5.82. The number of nitrogens with zero attached hydrogens (tertiary/aromatic N) is 2. The summed E-state index contributed by atoms with van der Waals surface area (Å²) >= 11 is 0. The molecule has 2 amide bonds. The van der Waals surface area contributed by atoms with E-state index < -0.39 is 5.41 Å². The second kappa shape index (κ2) is 7.46. The lowest BCUT2D eigenvalue weighted by molar-refractivity contribution is -0.144. The van der Waals surface area contributed by atoms with Crippen LogP contribution in [-0.4, -0.2) is 59.7 Å². The third-order valence-corrected chi connectivity index (χ3v) is 4.00. The summed E-state index contributed by atoms with van der Waals surface area (Å²) in [5.41, 5.74) is 0.162. The molecule has 1 N–H and O–H groups in total. The molecule has 0 atom stereocenters. The zero-order valence-corrected chi connectivity index (χ0v) is 13.7. The highest BCUT2D eigenvalue weighted by atomic mass is 16.6. The quantitative estimate of drug-likeness (QED) is 0.912. The third kappa shape index (κ3) is 4.45. The van der Waals surface area contributed by atoms with E-state index in [2.05, 4.69) is 0 Å². The van der Waals surface area contributed by atoms with Crippen molar-refractivity contribution in [3.63, 3.8) is 0 Å². The molecule has 0 radical (unpaired) electrons. The van der Waals surface area contributed by atoms with Crippen molar-refractivity contribution in [3.05, 3.63) is 35.9 Å². The van der Waals surface area contributed by atoms with Crippen LogP contribution in [0.4, 0.5) is 4.79 Å². The summed E-state index contributed by atoms with van der Waals surface area (Å²) < 4.78 is 5.30. The Kier molecular flexibility index (Phi) is 5.60. The summed E-state index contributed by atoms with van der Waals surface area (Å²) in [5, 5.41) is 9.28. The Hall–Kier alpha value is -2.08. The van der Waals surface area contributed by atoms with Crippen LogP contribution < -0.4 is 0 Å². The van der Waals surface area contributed by atoms with Gasteiger partial charge < -0.3 is 19.6 Å². The van der Waals surface area contributed by atoms with Gasteiger partial charge in [-0.3, -0.25) is 4.79 Å². The molecule has 6 heteroatoms. The summed E-state index contributed by atoms with van der Waals surface area (Å²) in [5.74, 6) is -0.0858. The largest absolute Gasteiger partial charge is 0.445 e. The van der Waals surface area contributed by atoms with Crippen LogP contribution in [0.15, 0.2) is 30.3 Å². The van der Waals surface area contributed by atoms with E-state index in [1.807, 2.05) is 30.3 Å². The highest BCUT2D eigenvalue weighted by Gasteiger charge is 2.34. The van der Waals surface area contributed by atoms with Crippen molar-refractivity contribution in [2.75, 3.05) is 32.8 Å². The Morgan fingerprint density at radius 1 is 1.09 bits per heavy atom. The van der Waals surface area contributed by atoms with E-state index >= 15 is 0 Å². The molecule has 0 aliphatic carbocycles. The van der Waals surface area contributed by atoms with Crippen LogP contribution in [0.25, 0.3) is 0 Å². The summed E-state index contributed by atoms with van der Waals surface area (Å²) in [6, 6.07) is 9.52. The molecule has 126 valence electrons. The molecule has 1 heterocycles. The number of rotatable bonds is 4. The molecule has 0 saturated carbocycles. The predicted octanol–water partition coefficient (Wildman–Crippen LogP) is 1.49. The zero-order chi connectivity index (χ0) is 16.9. The van der Waals surface area contributed by atoms with Crippen LogP contribution in [0.3, 0.4) is 0 Å². The van der Waals surface area contributed by atoms with Crippen LogP contribution >= 0.6 is 0 Å². The second-order valence-corrected chi connectivity index (χ2v) is 6.36. The summed E-state index contributed by atoms with van der Waals surface area (Å²) in [7, 11) is 0. The molecule has 23 heavy (non-hydrogen) atoms. The number of hydrogen-bond acceptors (Lipinski definition) is 4. The van der Waals surface area contributed by atoms with Crippen molar-refractivity contribution < 1.29 is 19.4 Å². The number of carbonyl (C=O) groups is 2. The molecule has 1 saturated heterocycles. The van der Waals surface area contributed by atoms with Crippen molar-refractivity contribution >= 4 is 12.0 Å². The van der Waals surface area contributed by atoms with Gasteiger partial charge in [0, 0.05) is 26.2 Å². The first kappa shape index (κ1) is 17.3. The Balaban J connectivity index is 1.80. The van der Waals surface area contributed by atoms with Crippen LogP contribution in [0.1, 0.15) is 19.4 Å². The van der Waals surface area contributed by atoms with Crippen molar-refractivity contribution in [2.45, 2.75) is 20.5 Å². The maximum Gasteiger partial charge on any atom is 0.410 e. The summed E-state index contributed by atoms with van der Waals surface area (Å²) in [4.78, 5) is 27.6. The number of carbonyl (C=O) groups excluding carboxylic acids is 2. The van der Waals surface area contributed by atoms with Gasteiger partial charge in [0.1, 0.15) is 6.61 Å². The number of amides is 2. The molecular weight excluding hydrogens is 296 g/mol. The van der Waals surface area contributed by atoms with Crippen LogP contribution in [0.2, 0.25) is 0 Å². The van der Waals surface area contributed by atoms with E-state index in [1.165, 1.54) is 0 Å². The fraction of sp³-hybridized carbons (Fsp3) is 0.529. The SMILES string of the molecule is CC(C)(CO)C(=O)N1CCN(C(=O)OCc2ccccc2)CC1. The first-order valence-corrected chi connectivity index (χ1v) is 7.80. The minimum Gasteiger partial charge on any atom is -0.445 e. The first-order valence-electron chi connectivity index (χ1n) is 7.80. The number of hydrogen-bond donors (Lipinski definition) is 1. The molecule has 0 spiro atoms. The van der Waals surface area contributed by atoms with Crippen LogP contribution in [0, 0.1) is 5.41 Å². The Labute approximate surface area is 136 Å². The van der Waals surface area contributed by atoms with Gasteiger partial charge in [0.25, 0.3) is 0 Å². The van der Waals surface area contributed by atoms with Crippen LogP contribution in [-0.2, 0) is 16.1 Å². The molecule has 1 fully saturated rings. The fourth-order valence-electron chi connectivity index (χ4n) is 2.40. The summed E-state index contributed by atoms with van der Waals surface area (Å²) in [6.07, 6.45) is -0.359. The Morgan fingerprint density at radius 2 is 1.65 bits per heavy atom. The van der Waals surface area contributed by atoms with Gasteiger partial charge in [-0.15, -0.1) is 0 Å². The maximum absolute atomic E-state index is 12.3. The van der Waals surface area contributed by atoms with Gasteiger partial charge in [-0.2, -0.15) is 0 Å². The molecule has 0 unspecified atom stereocenters. The van der Waals surface area contributed by atoms with E-state index in [0.29, 0.717) is 26.2 Å². The minimum atomic E-state index is -0.782. The summed E-state index contributed by atoms with van der Waals surface area (Å²) in [6.45, 7) is 5.31. The molecule has 1 aromatic rings. The topological polar surface area (TPSA) is 70.1 Å². The molecule has 6 nitrogen and oxygen atoms in total. The van der Waals surface area contributed by atoms with Gasteiger partial charge in [0.15, 0.2) is 0 Å². The lowest BCUT2D eigenvalue weighted by Crippen LogP contribution is -2.54. The van der Waals surface area contributed by atoms with Gasteiger partial charge in [-0.25, -0.2) is 4.79 Å². The number of aliphatic hydroxyl groups excluding tert-OH is 1. The molecule has 0 bridgehead atoms. The number of ether oxygens (including phenoxy) is 1. The van der Waals surface area contributed by atoms with Crippen molar-refractivity contribution in [2.24, 2.45) is 5.41 Å². The smallest absolute Gasteiger partial charge is 0.410 e. The average molecular weight is 320 g/mol. The first-order chi connectivity index (χ1) is 10.9. The normalized spacial score (nSPS) is 15.4. The monoisotopic (exact) mass is 320 g/mol. The fourth-order valence-corrected chi connectivity index (χ4v) is 2.40. The van der Waals surface area contributed by atoms with E-state index in [1.54, 1.807) is 23.6 Å². The standard InChI is InChI=1S/C17H24N2O4/c1-17(2,13-20)15(21)18-8-10-19(11-9-18)16(22)23-12-14-6-4-3-5-7-14/h3-7,20H,8-13H2,1-2H3. The maximum atomic E-state index is 12.3. The van der Waals surface area contributed by atoms with E-state index in [4.69, 9.17) is 4.74 Å². The van der Waals surface area contributed by atoms with Crippen molar-refractivity contribution in [1.29, 1.82) is 0 Å². The Morgan fingerprint density at radius 3 is 2.22 bits per heavy atom. The van der Waals surface area contributed by atoms with Gasteiger partial charge in [0.2, 0.25) is 5.91 Å². The molecular formula is C17H24N2O4. The molecule has 2 rings (SSSR count). The van der Waals surface area contributed by atoms with Gasteiger partial charge in [0.05, 0.1) is 12.0 Å². The van der Waals surface area contributed by atoms with Crippen molar-refractivity contribution in [1.82, 2.24) is 9.80 Å². The van der Waals surface area contributed by atoms with E-state index in [9.17, 15) is 14.7 Å². The molecule has 1 aliphatic heterocycles. The van der Waals surface area contributed by atoms with E-state index in [0.717, 1.165) is 5.56 Å². The number of benzene rings is 1. The van der Waals surface area contributed by atoms with Gasteiger partial charge in [-0.05, 0) is 19.4 Å². The number of aliphatic hydroxyl groups is 1. The van der Waals surface area contributed by atoms with Gasteiger partial charge in [-0.1, -0.05) is 30.3 Å². The lowest BCUT2D eigenvalue weighted by atomic mass is 9.92. The molecule has 0 aromatic heterocycles. The van der Waals surface area contributed by atoms with Gasteiger partial charge >= 0.3 is 6.09 Å². The van der Waals surface area contributed by atoms with E-state index in [-0.39, 0.29) is 25.2 Å². The van der Waals surface area contributed by atoms with Crippen LogP contribution in [0.5, 0.6) is 0 Å². The highest BCUT2D eigenvalue weighted by Crippen LogP contribution is 2.19. The zero-order valence-electron chi connectivity index (χ0n) is 13.7. The molecule has 1 aliphatic rings. The Bertz CT molecular complexity index is 537. The third-order valence-electron chi connectivity index (χ3n) is 4.00. The lowest BCUT2D eigenvalue weighted by Gasteiger charge is -2.37. The van der Waals surface area contributed by atoms with Crippen molar-refractivity contribution in [3.8, 4) is 0 Å².